The first-order chi connectivity index (χ1) is 9.70. The van der Waals surface area contributed by atoms with Gasteiger partial charge < -0.3 is 5.11 Å². The van der Waals surface area contributed by atoms with E-state index in [1.807, 2.05) is 53.2 Å². The molecule has 2 aromatic rings. The van der Waals surface area contributed by atoms with Gasteiger partial charge in [0, 0.05) is 23.8 Å². The number of nitriles is 1. The Bertz CT molecular complexity index is 662. The first-order valence-corrected chi connectivity index (χ1v) is 7.43. The normalized spacial score (nSPS) is 12.2. The van der Waals surface area contributed by atoms with Gasteiger partial charge in [-0.05, 0) is 18.2 Å². The van der Waals surface area contributed by atoms with Gasteiger partial charge in [0.05, 0.1) is 6.07 Å². The van der Waals surface area contributed by atoms with Gasteiger partial charge in [-0.1, -0.05) is 40.8 Å². The molecule has 1 heterocycles. The second-order valence-corrected chi connectivity index (χ2v) is 5.77. The molecule has 1 aromatic heterocycles. The largest absolute Gasteiger partial charge is 0.507 e. The Balaban J connectivity index is 2.26. The number of alkyl halides is 1. The van der Waals surface area contributed by atoms with Gasteiger partial charge in [-0.2, -0.15) is 9.83 Å². The maximum absolute atomic E-state index is 9.74. The second-order valence-electron chi connectivity index (χ2n) is 4.27. The van der Waals surface area contributed by atoms with E-state index in [0.29, 0.717) is 6.54 Å². The Morgan fingerprint density at radius 2 is 1.95 bits per heavy atom. The van der Waals surface area contributed by atoms with Gasteiger partial charge in [0.1, 0.15) is 5.75 Å². The summed E-state index contributed by atoms with van der Waals surface area (Å²) >= 11 is 2.12. The minimum Gasteiger partial charge on any atom is -0.507 e. The molecule has 0 amide bonds. The average Bonchev–Trinajstić information content (AvgIpc) is 2.47. The van der Waals surface area contributed by atoms with E-state index in [1.54, 1.807) is 12.1 Å². The van der Waals surface area contributed by atoms with E-state index in [1.165, 1.54) is 0 Å². The highest BCUT2D eigenvalue weighted by Crippen LogP contribution is 2.17. The highest BCUT2D eigenvalue weighted by atomic mass is 127. The van der Waals surface area contributed by atoms with Crippen LogP contribution in [0.1, 0.15) is 11.3 Å². The minimum atomic E-state index is -0.0720. The standard InChI is InChI=1S/C16H13IN2O/c17-14(11-18)12-19-10-4-3-6-15(19)9-8-13-5-1-2-7-16(13)20/h1-10,14H,12H2/p+1. The SMILES string of the molecule is N#CC(I)C[n+]1ccccc1C=Cc1ccccc1O. The van der Waals surface area contributed by atoms with Crippen molar-refractivity contribution in [1.82, 2.24) is 0 Å². The van der Waals surface area contributed by atoms with Crippen LogP contribution in [-0.4, -0.2) is 9.03 Å². The Hall–Kier alpha value is -1.87. The molecule has 0 radical (unpaired) electrons. The van der Waals surface area contributed by atoms with Gasteiger partial charge >= 0.3 is 0 Å². The van der Waals surface area contributed by atoms with Crippen LogP contribution in [-0.2, 0) is 6.54 Å². The number of rotatable bonds is 4. The number of phenols is 1. The molecule has 100 valence electrons. The van der Waals surface area contributed by atoms with Crippen molar-refractivity contribution in [1.29, 1.82) is 5.26 Å². The molecular formula is C16H14IN2O+. The van der Waals surface area contributed by atoms with E-state index in [0.717, 1.165) is 11.3 Å². The van der Waals surface area contributed by atoms with Crippen LogP contribution in [0.25, 0.3) is 12.2 Å². The van der Waals surface area contributed by atoms with Gasteiger partial charge in [0.2, 0.25) is 5.69 Å². The van der Waals surface area contributed by atoms with Crippen LogP contribution in [0.2, 0.25) is 0 Å². The van der Waals surface area contributed by atoms with Gasteiger partial charge in [-0.15, -0.1) is 0 Å². The monoisotopic (exact) mass is 377 g/mol. The highest BCUT2D eigenvalue weighted by Gasteiger charge is 2.12. The Labute approximate surface area is 132 Å². The molecular weight excluding hydrogens is 363 g/mol. The Morgan fingerprint density at radius 1 is 1.20 bits per heavy atom. The first kappa shape index (κ1) is 14.5. The lowest BCUT2D eigenvalue weighted by atomic mass is 10.1. The van der Waals surface area contributed by atoms with E-state index < -0.39 is 0 Å². The van der Waals surface area contributed by atoms with Crippen LogP contribution in [0, 0.1) is 11.3 Å². The smallest absolute Gasteiger partial charge is 0.205 e. The molecule has 2 rings (SSSR count). The Morgan fingerprint density at radius 3 is 2.70 bits per heavy atom. The third-order valence-corrected chi connectivity index (χ3v) is 3.52. The highest BCUT2D eigenvalue weighted by molar-refractivity contribution is 14.1. The van der Waals surface area contributed by atoms with Gasteiger partial charge in [0.25, 0.3) is 0 Å². The summed E-state index contributed by atoms with van der Waals surface area (Å²) in [6.07, 6.45) is 5.76. The number of aromatic hydroxyl groups is 1. The molecule has 0 fully saturated rings. The fourth-order valence-electron chi connectivity index (χ4n) is 1.82. The molecule has 4 heteroatoms. The van der Waals surface area contributed by atoms with Crippen molar-refractivity contribution in [3.63, 3.8) is 0 Å². The molecule has 0 saturated carbocycles. The van der Waals surface area contributed by atoms with Gasteiger partial charge in [-0.3, -0.25) is 0 Å². The fraction of sp³-hybridized carbons (Fsp3) is 0.125. The molecule has 1 atom stereocenters. The number of pyridine rings is 1. The Kier molecular flexibility index (Phi) is 5.13. The summed E-state index contributed by atoms with van der Waals surface area (Å²) in [5, 5.41) is 18.6. The third kappa shape index (κ3) is 3.81. The fourth-order valence-corrected chi connectivity index (χ4v) is 2.25. The van der Waals surface area contributed by atoms with Crippen LogP contribution in [0.4, 0.5) is 0 Å². The number of hydrogen-bond acceptors (Lipinski definition) is 2. The van der Waals surface area contributed by atoms with Crippen LogP contribution in [0.15, 0.2) is 48.7 Å². The number of hydrogen-bond donors (Lipinski definition) is 1. The summed E-state index contributed by atoms with van der Waals surface area (Å²) in [6.45, 7) is 0.637. The van der Waals surface area contributed by atoms with Crippen molar-refractivity contribution in [2.45, 2.75) is 10.5 Å². The predicted octanol–water partition coefficient (Wildman–Crippen LogP) is 3.18. The summed E-state index contributed by atoms with van der Waals surface area (Å²) in [5.41, 5.74) is 1.77. The molecule has 0 bridgehead atoms. The molecule has 0 saturated heterocycles. The molecule has 0 aliphatic rings. The van der Waals surface area contributed by atoms with Gasteiger partial charge in [0.15, 0.2) is 16.7 Å². The molecule has 1 N–H and O–H groups in total. The summed E-state index contributed by atoms with van der Waals surface area (Å²) in [4.78, 5) is 0. The summed E-state index contributed by atoms with van der Waals surface area (Å²) in [6, 6.07) is 15.3. The van der Waals surface area contributed by atoms with Gasteiger partial charge in [-0.25, -0.2) is 0 Å². The van der Waals surface area contributed by atoms with Crippen LogP contribution < -0.4 is 4.57 Å². The second kappa shape index (κ2) is 7.06. The molecule has 1 aromatic carbocycles. The molecule has 0 aliphatic carbocycles. The lowest BCUT2D eigenvalue weighted by molar-refractivity contribution is -0.695. The third-order valence-electron chi connectivity index (χ3n) is 2.84. The number of benzene rings is 1. The number of aromatic nitrogens is 1. The van der Waals surface area contributed by atoms with E-state index in [-0.39, 0.29) is 9.67 Å². The van der Waals surface area contributed by atoms with E-state index >= 15 is 0 Å². The van der Waals surface area contributed by atoms with Crippen molar-refractivity contribution in [3.05, 3.63) is 59.9 Å². The molecule has 0 aliphatic heterocycles. The average molecular weight is 377 g/mol. The first-order valence-electron chi connectivity index (χ1n) is 6.19. The quantitative estimate of drug-likeness (QED) is 0.506. The van der Waals surface area contributed by atoms with Crippen LogP contribution >= 0.6 is 22.6 Å². The zero-order valence-corrected chi connectivity index (χ0v) is 12.9. The lowest BCUT2D eigenvalue weighted by Crippen LogP contribution is -2.39. The van der Waals surface area contributed by atoms with Crippen molar-refractivity contribution < 1.29 is 9.67 Å². The summed E-state index contributed by atoms with van der Waals surface area (Å²) in [7, 11) is 0. The van der Waals surface area contributed by atoms with Crippen LogP contribution in [0.3, 0.4) is 0 Å². The number of para-hydroxylation sites is 1. The maximum atomic E-state index is 9.74. The zero-order valence-electron chi connectivity index (χ0n) is 10.8. The predicted molar refractivity (Wildman–Crippen MR) is 87.1 cm³/mol. The summed E-state index contributed by atoms with van der Waals surface area (Å²) < 4.78 is 1.95. The maximum Gasteiger partial charge on any atom is 0.205 e. The van der Waals surface area contributed by atoms with Crippen molar-refractivity contribution in [2.24, 2.45) is 0 Å². The molecule has 1 unspecified atom stereocenters. The van der Waals surface area contributed by atoms with Crippen molar-refractivity contribution >= 4 is 34.7 Å². The number of phenolic OH excluding ortho intramolecular Hbond substituents is 1. The zero-order chi connectivity index (χ0) is 14.4. The minimum absolute atomic E-state index is 0.0720. The number of nitrogens with zero attached hydrogens (tertiary/aromatic N) is 2. The molecule has 20 heavy (non-hydrogen) atoms. The number of halogens is 1. The van der Waals surface area contributed by atoms with Crippen molar-refractivity contribution in [3.8, 4) is 11.8 Å². The lowest BCUT2D eigenvalue weighted by Gasteiger charge is -2.01. The van der Waals surface area contributed by atoms with E-state index in [4.69, 9.17) is 5.26 Å². The van der Waals surface area contributed by atoms with Crippen molar-refractivity contribution in [2.75, 3.05) is 0 Å². The summed E-state index contributed by atoms with van der Waals surface area (Å²) in [5.74, 6) is 0.259. The molecule has 3 nitrogen and oxygen atoms in total. The van der Waals surface area contributed by atoms with E-state index in [2.05, 4.69) is 28.7 Å². The topological polar surface area (TPSA) is 47.9 Å². The van der Waals surface area contributed by atoms with E-state index in [9.17, 15) is 5.11 Å². The van der Waals surface area contributed by atoms with Crippen LogP contribution in [0.5, 0.6) is 5.75 Å². The molecule has 0 spiro atoms.